The Morgan fingerprint density at radius 2 is 2.50 bits per heavy atom. The lowest BCUT2D eigenvalue weighted by Crippen LogP contribution is -2.42. The zero-order valence-electron chi connectivity index (χ0n) is 8.76. The zero-order valence-corrected chi connectivity index (χ0v) is 8.76. The fourth-order valence-corrected chi connectivity index (χ4v) is 2.74. The third-order valence-corrected chi connectivity index (χ3v) is 3.26. The summed E-state index contributed by atoms with van der Waals surface area (Å²) in [5, 5.41) is 0. The Hall–Kier alpha value is -0.410. The monoisotopic (exact) mass is 199 g/mol. The van der Waals surface area contributed by atoms with Crippen LogP contribution in [-0.2, 0) is 4.74 Å². The van der Waals surface area contributed by atoms with Crippen LogP contribution in [0.15, 0.2) is 12.2 Å². The summed E-state index contributed by atoms with van der Waals surface area (Å²) < 4.78 is 18.8. The summed E-state index contributed by atoms with van der Waals surface area (Å²) in [7, 11) is 0. The Morgan fingerprint density at radius 3 is 3.21 bits per heavy atom. The van der Waals surface area contributed by atoms with Crippen LogP contribution in [0.4, 0.5) is 4.39 Å². The van der Waals surface area contributed by atoms with Crippen molar-refractivity contribution >= 4 is 0 Å². The van der Waals surface area contributed by atoms with E-state index in [4.69, 9.17) is 4.74 Å². The Balaban J connectivity index is 2.08. The van der Waals surface area contributed by atoms with Crippen molar-refractivity contribution in [1.82, 2.24) is 4.90 Å². The molecule has 0 aromatic carbocycles. The molecule has 3 heteroatoms. The Morgan fingerprint density at radius 1 is 1.71 bits per heavy atom. The minimum Gasteiger partial charge on any atom is -0.380 e. The second-order valence-electron chi connectivity index (χ2n) is 4.47. The second kappa shape index (κ2) is 3.63. The molecule has 0 bridgehead atoms. The van der Waals surface area contributed by atoms with Crippen LogP contribution in [0, 0.1) is 0 Å². The summed E-state index contributed by atoms with van der Waals surface area (Å²) >= 11 is 0. The largest absolute Gasteiger partial charge is 0.380 e. The van der Waals surface area contributed by atoms with Gasteiger partial charge < -0.3 is 4.74 Å². The zero-order chi connectivity index (χ0) is 10.2. The molecule has 0 amide bonds. The van der Waals surface area contributed by atoms with Gasteiger partial charge >= 0.3 is 0 Å². The van der Waals surface area contributed by atoms with Crippen molar-refractivity contribution in [3.8, 4) is 0 Å². The lowest BCUT2D eigenvalue weighted by Gasteiger charge is -2.30. The molecule has 2 fully saturated rings. The van der Waals surface area contributed by atoms with E-state index in [9.17, 15) is 4.39 Å². The van der Waals surface area contributed by atoms with Gasteiger partial charge in [-0.3, -0.25) is 4.90 Å². The topological polar surface area (TPSA) is 12.5 Å². The van der Waals surface area contributed by atoms with Gasteiger partial charge in [-0.1, -0.05) is 12.2 Å². The van der Waals surface area contributed by atoms with Crippen molar-refractivity contribution in [3.63, 3.8) is 0 Å². The minimum absolute atomic E-state index is 0.0630. The number of ether oxygens (including phenoxy) is 1. The number of hydrogen-bond donors (Lipinski definition) is 0. The summed E-state index contributed by atoms with van der Waals surface area (Å²) in [4.78, 5) is 2.20. The average molecular weight is 199 g/mol. The first-order valence-electron chi connectivity index (χ1n) is 5.30. The highest BCUT2D eigenvalue weighted by Gasteiger charge is 2.49. The van der Waals surface area contributed by atoms with Gasteiger partial charge in [0.15, 0.2) is 0 Å². The maximum absolute atomic E-state index is 13.3. The van der Waals surface area contributed by atoms with Crippen LogP contribution in [0.5, 0.6) is 0 Å². The molecule has 2 nitrogen and oxygen atoms in total. The first-order valence-corrected chi connectivity index (χ1v) is 5.30. The van der Waals surface area contributed by atoms with Crippen LogP contribution in [0.3, 0.4) is 0 Å². The summed E-state index contributed by atoms with van der Waals surface area (Å²) in [5.41, 5.74) is 1.16. The molecule has 2 heterocycles. The molecule has 2 rings (SSSR count). The number of rotatable bonds is 3. The Labute approximate surface area is 84.7 Å². The molecule has 2 aliphatic rings. The van der Waals surface area contributed by atoms with Gasteiger partial charge in [-0.05, 0) is 13.3 Å². The van der Waals surface area contributed by atoms with Gasteiger partial charge in [-0.25, -0.2) is 4.39 Å². The van der Waals surface area contributed by atoms with Gasteiger partial charge in [-0.2, -0.15) is 0 Å². The minimum atomic E-state index is -0.677. The van der Waals surface area contributed by atoms with E-state index in [1.807, 2.05) is 6.92 Å². The van der Waals surface area contributed by atoms with E-state index in [1.54, 1.807) is 0 Å². The smallest absolute Gasteiger partial charge is 0.115 e. The van der Waals surface area contributed by atoms with Crippen LogP contribution in [0.25, 0.3) is 0 Å². The van der Waals surface area contributed by atoms with E-state index in [0.717, 1.165) is 13.0 Å². The molecule has 0 saturated carbocycles. The molecule has 0 aliphatic carbocycles. The molecule has 80 valence electrons. The van der Waals surface area contributed by atoms with Gasteiger partial charge in [0, 0.05) is 26.1 Å². The highest BCUT2D eigenvalue weighted by atomic mass is 19.1. The molecule has 2 saturated heterocycles. The van der Waals surface area contributed by atoms with Crippen molar-refractivity contribution in [2.75, 3.05) is 26.3 Å². The quantitative estimate of drug-likeness (QED) is 0.642. The first kappa shape index (κ1) is 10.1. The van der Waals surface area contributed by atoms with Crippen molar-refractivity contribution in [3.05, 3.63) is 12.2 Å². The maximum atomic E-state index is 13.3. The molecule has 14 heavy (non-hydrogen) atoms. The van der Waals surface area contributed by atoms with Crippen molar-refractivity contribution in [2.24, 2.45) is 0 Å². The normalized spacial score (nSPS) is 37.9. The van der Waals surface area contributed by atoms with Gasteiger partial charge in [-0.15, -0.1) is 0 Å². The van der Waals surface area contributed by atoms with E-state index in [1.165, 1.54) is 5.57 Å². The van der Waals surface area contributed by atoms with Crippen LogP contribution in [0.1, 0.15) is 19.8 Å². The fourth-order valence-electron chi connectivity index (χ4n) is 2.74. The molecule has 0 aromatic heterocycles. The van der Waals surface area contributed by atoms with E-state index >= 15 is 0 Å². The number of fused-ring (bicyclic) bond motifs is 1. The third kappa shape index (κ3) is 1.59. The predicted molar refractivity (Wildman–Crippen MR) is 54.1 cm³/mol. The van der Waals surface area contributed by atoms with E-state index < -0.39 is 6.17 Å². The van der Waals surface area contributed by atoms with Crippen LogP contribution < -0.4 is 0 Å². The first-order chi connectivity index (χ1) is 6.66. The van der Waals surface area contributed by atoms with Crippen LogP contribution in [0.2, 0.25) is 0 Å². The van der Waals surface area contributed by atoms with Gasteiger partial charge in [0.25, 0.3) is 0 Å². The fraction of sp³-hybridized carbons (Fsp3) is 0.818. The standard InChI is InChI=1S/C11H18FNO/c1-3-14-8-11-4-9(2)6-13(11)7-10(12)5-11/h10H,2-8H2,1H3/t10-,11-/m1/s1. The SMILES string of the molecule is C=C1CN2C[C@H](F)C[C@@]2(COCC)C1. The van der Waals surface area contributed by atoms with Gasteiger partial charge in [0.2, 0.25) is 0 Å². The number of hydrogen-bond acceptors (Lipinski definition) is 2. The van der Waals surface area contributed by atoms with Gasteiger partial charge in [0.05, 0.1) is 12.1 Å². The molecule has 2 atom stereocenters. The Bertz CT molecular complexity index is 243. The predicted octanol–water partition coefficient (Wildman–Crippen LogP) is 1.77. The van der Waals surface area contributed by atoms with Crippen molar-refractivity contribution in [2.45, 2.75) is 31.5 Å². The third-order valence-electron chi connectivity index (χ3n) is 3.26. The van der Waals surface area contributed by atoms with Crippen LogP contribution in [-0.4, -0.2) is 42.9 Å². The summed E-state index contributed by atoms with van der Waals surface area (Å²) in [6, 6.07) is 0. The summed E-state index contributed by atoms with van der Waals surface area (Å²) in [6.45, 7) is 8.75. The number of nitrogens with zero attached hydrogens (tertiary/aromatic N) is 1. The number of halogens is 1. The summed E-state index contributed by atoms with van der Waals surface area (Å²) in [6.07, 6.45) is 0.850. The van der Waals surface area contributed by atoms with E-state index in [2.05, 4.69) is 11.5 Å². The molecule has 2 aliphatic heterocycles. The highest BCUT2D eigenvalue weighted by Crippen LogP contribution is 2.41. The van der Waals surface area contributed by atoms with Gasteiger partial charge in [0.1, 0.15) is 6.17 Å². The molecule has 0 radical (unpaired) electrons. The molecule has 0 unspecified atom stereocenters. The molecule has 0 N–H and O–H groups in total. The lowest BCUT2D eigenvalue weighted by atomic mass is 9.93. The summed E-state index contributed by atoms with van der Waals surface area (Å²) in [5.74, 6) is 0. The molecular weight excluding hydrogens is 181 g/mol. The average Bonchev–Trinajstić information content (AvgIpc) is 2.53. The molecule has 0 aromatic rings. The number of alkyl halides is 1. The second-order valence-corrected chi connectivity index (χ2v) is 4.47. The Kier molecular flexibility index (Phi) is 2.62. The van der Waals surface area contributed by atoms with E-state index in [0.29, 0.717) is 26.2 Å². The highest BCUT2D eigenvalue weighted by molar-refractivity contribution is 5.19. The molecular formula is C11H18FNO. The van der Waals surface area contributed by atoms with Crippen molar-refractivity contribution < 1.29 is 9.13 Å². The van der Waals surface area contributed by atoms with E-state index in [-0.39, 0.29) is 5.54 Å². The van der Waals surface area contributed by atoms with Crippen molar-refractivity contribution in [1.29, 1.82) is 0 Å². The maximum Gasteiger partial charge on any atom is 0.115 e. The lowest BCUT2D eigenvalue weighted by molar-refractivity contribution is 0.0415. The van der Waals surface area contributed by atoms with Crippen LogP contribution >= 0.6 is 0 Å². The molecule has 0 spiro atoms.